The standard InChI is InChI=1S/C16H9Cl2NO3/c17-9-5-6-12(13(18)7-9)14-8-15(22-19-14)10-3-1-2-4-11(10)16(20)21/h1-8H,(H,20,21). The van der Waals surface area contributed by atoms with Crippen molar-refractivity contribution >= 4 is 29.2 Å². The number of aromatic nitrogens is 1. The second-order valence-electron chi connectivity index (χ2n) is 4.55. The normalized spacial score (nSPS) is 10.6. The van der Waals surface area contributed by atoms with Crippen molar-refractivity contribution in [2.75, 3.05) is 0 Å². The van der Waals surface area contributed by atoms with Gasteiger partial charge in [-0.25, -0.2) is 4.79 Å². The maximum atomic E-state index is 11.3. The summed E-state index contributed by atoms with van der Waals surface area (Å²) in [5, 5.41) is 14.2. The van der Waals surface area contributed by atoms with Crippen molar-refractivity contribution in [3.8, 4) is 22.6 Å². The molecule has 0 unspecified atom stereocenters. The Morgan fingerprint density at radius 1 is 1.05 bits per heavy atom. The first-order valence-electron chi connectivity index (χ1n) is 6.31. The zero-order valence-electron chi connectivity index (χ0n) is 11.1. The van der Waals surface area contributed by atoms with Crippen LogP contribution >= 0.6 is 23.2 Å². The number of hydrogen-bond acceptors (Lipinski definition) is 3. The van der Waals surface area contributed by atoms with Gasteiger partial charge in [0, 0.05) is 22.2 Å². The van der Waals surface area contributed by atoms with E-state index in [4.69, 9.17) is 27.7 Å². The topological polar surface area (TPSA) is 63.3 Å². The van der Waals surface area contributed by atoms with Crippen LogP contribution in [0.25, 0.3) is 22.6 Å². The SMILES string of the molecule is O=C(O)c1ccccc1-c1cc(-c2ccc(Cl)cc2Cl)no1. The summed E-state index contributed by atoms with van der Waals surface area (Å²) in [7, 11) is 0. The molecule has 0 aliphatic rings. The molecule has 1 heterocycles. The highest BCUT2D eigenvalue weighted by Crippen LogP contribution is 2.33. The number of hydrogen-bond donors (Lipinski definition) is 1. The van der Waals surface area contributed by atoms with Crippen molar-refractivity contribution in [3.05, 3.63) is 64.1 Å². The average Bonchev–Trinajstić information content (AvgIpc) is 2.96. The zero-order chi connectivity index (χ0) is 15.7. The molecule has 110 valence electrons. The maximum absolute atomic E-state index is 11.3. The Balaban J connectivity index is 2.07. The van der Waals surface area contributed by atoms with Gasteiger partial charge in [0.05, 0.1) is 10.6 Å². The molecule has 0 aliphatic carbocycles. The molecule has 4 nitrogen and oxygen atoms in total. The van der Waals surface area contributed by atoms with Crippen LogP contribution in [0.5, 0.6) is 0 Å². The van der Waals surface area contributed by atoms with Crippen LogP contribution in [0.2, 0.25) is 10.0 Å². The molecule has 0 radical (unpaired) electrons. The monoisotopic (exact) mass is 333 g/mol. The van der Waals surface area contributed by atoms with Crippen molar-refractivity contribution < 1.29 is 14.4 Å². The Labute approximate surface area is 135 Å². The van der Waals surface area contributed by atoms with Crippen LogP contribution in [0.1, 0.15) is 10.4 Å². The Morgan fingerprint density at radius 3 is 2.55 bits per heavy atom. The van der Waals surface area contributed by atoms with Crippen LogP contribution in [0.3, 0.4) is 0 Å². The van der Waals surface area contributed by atoms with E-state index in [-0.39, 0.29) is 5.56 Å². The summed E-state index contributed by atoms with van der Waals surface area (Å²) >= 11 is 12.0. The van der Waals surface area contributed by atoms with Crippen LogP contribution in [-0.4, -0.2) is 16.2 Å². The Hall–Kier alpha value is -2.30. The van der Waals surface area contributed by atoms with Crippen LogP contribution < -0.4 is 0 Å². The fraction of sp³-hybridized carbons (Fsp3) is 0. The van der Waals surface area contributed by atoms with E-state index >= 15 is 0 Å². The van der Waals surface area contributed by atoms with Crippen LogP contribution in [0.15, 0.2) is 53.1 Å². The summed E-state index contributed by atoms with van der Waals surface area (Å²) < 4.78 is 5.28. The Morgan fingerprint density at radius 2 is 1.82 bits per heavy atom. The maximum Gasteiger partial charge on any atom is 0.336 e. The number of aromatic carboxylic acids is 1. The van der Waals surface area contributed by atoms with E-state index in [0.717, 1.165) is 0 Å². The summed E-state index contributed by atoms with van der Waals surface area (Å²) in [4.78, 5) is 11.3. The fourth-order valence-corrected chi connectivity index (χ4v) is 2.62. The summed E-state index contributed by atoms with van der Waals surface area (Å²) in [6, 6.07) is 13.2. The summed E-state index contributed by atoms with van der Waals surface area (Å²) in [6.07, 6.45) is 0. The molecule has 22 heavy (non-hydrogen) atoms. The van der Waals surface area contributed by atoms with Gasteiger partial charge < -0.3 is 9.63 Å². The molecule has 2 aromatic carbocycles. The molecule has 0 spiro atoms. The lowest BCUT2D eigenvalue weighted by Gasteiger charge is -2.01. The molecule has 6 heteroatoms. The first kappa shape index (κ1) is 14.6. The van der Waals surface area contributed by atoms with E-state index in [0.29, 0.717) is 32.6 Å². The minimum Gasteiger partial charge on any atom is -0.478 e. The van der Waals surface area contributed by atoms with E-state index in [1.54, 1.807) is 42.5 Å². The number of carbonyl (C=O) groups is 1. The quantitative estimate of drug-likeness (QED) is 0.731. The van der Waals surface area contributed by atoms with Gasteiger partial charge in [-0.3, -0.25) is 0 Å². The second kappa shape index (κ2) is 5.83. The Bertz CT molecular complexity index is 858. The van der Waals surface area contributed by atoms with Gasteiger partial charge in [-0.15, -0.1) is 0 Å². The molecule has 0 fully saturated rings. The summed E-state index contributed by atoms with van der Waals surface area (Å²) in [5.74, 6) is -0.669. The van der Waals surface area contributed by atoms with E-state index in [1.807, 2.05) is 0 Å². The highest BCUT2D eigenvalue weighted by Gasteiger charge is 2.16. The van der Waals surface area contributed by atoms with Crippen LogP contribution in [0.4, 0.5) is 0 Å². The second-order valence-corrected chi connectivity index (χ2v) is 5.39. The third-order valence-electron chi connectivity index (χ3n) is 3.14. The van der Waals surface area contributed by atoms with Crippen molar-refractivity contribution in [3.63, 3.8) is 0 Å². The molecule has 0 saturated carbocycles. The molecule has 0 aliphatic heterocycles. The van der Waals surface area contributed by atoms with Crippen molar-refractivity contribution in [1.29, 1.82) is 0 Å². The highest BCUT2D eigenvalue weighted by atomic mass is 35.5. The lowest BCUT2D eigenvalue weighted by atomic mass is 10.0. The molecule has 0 amide bonds. The van der Waals surface area contributed by atoms with Crippen LogP contribution in [0, 0.1) is 0 Å². The molecule has 1 aromatic heterocycles. The lowest BCUT2D eigenvalue weighted by Crippen LogP contribution is -1.98. The number of nitrogens with zero attached hydrogens (tertiary/aromatic N) is 1. The molecule has 0 saturated heterocycles. The van der Waals surface area contributed by atoms with Gasteiger partial charge in [0.25, 0.3) is 0 Å². The van der Waals surface area contributed by atoms with E-state index in [1.165, 1.54) is 6.07 Å². The average molecular weight is 334 g/mol. The first-order chi connectivity index (χ1) is 10.6. The third-order valence-corrected chi connectivity index (χ3v) is 3.69. The summed E-state index contributed by atoms with van der Waals surface area (Å²) in [5.41, 5.74) is 1.77. The number of rotatable bonds is 3. The van der Waals surface area contributed by atoms with Gasteiger partial charge in [0.1, 0.15) is 5.69 Å². The van der Waals surface area contributed by atoms with Crippen LogP contribution in [-0.2, 0) is 0 Å². The number of benzene rings is 2. The number of carboxylic acid groups (broad SMARTS) is 1. The van der Waals surface area contributed by atoms with E-state index in [9.17, 15) is 9.90 Å². The Kier molecular flexibility index (Phi) is 3.88. The molecule has 3 aromatic rings. The predicted molar refractivity (Wildman–Crippen MR) is 84.4 cm³/mol. The molecule has 0 bridgehead atoms. The number of halogens is 2. The van der Waals surface area contributed by atoms with Crippen molar-refractivity contribution in [1.82, 2.24) is 5.16 Å². The van der Waals surface area contributed by atoms with Gasteiger partial charge in [-0.2, -0.15) is 0 Å². The fourth-order valence-electron chi connectivity index (χ4n) is 2.11. The van der Waals surface area contributed by atoms with E-state index in [2.05, 4.69) is 5.16 Å². The predicted octanol–water partition coefficient (Wildman–Crippen LogP) is 5.01. The van der Waals surface area contributed by atoms with Gasteiger partial charge in [0.2, 0.25) is 0 Å². The summed E-state index contributed by atoms with van der Waals surface area (Å²) in [6.45, 7) is 0. The minimum atomic E-state index is -1.03. The first-order valence-corrected chi connectivity index (χ1v) is 7.06. The van der Waals surface area contributed by atoms with Gasteiger partial charge >= 0.3 is 5.97 Å². The minimum absolute atomic E-state index is 0.146. The molecule has 0 atom stereocenters. The largest absolute Gasteiger partial charge is 0.478 e. The molecular weight excluding hydrogens is 325 g/mol. The van der Waals surface area contributed by atoms with Gasteiger partial charge in [-0.05, 0) is 24.3 Å². The third kappa shape index (κ3) is 2.71. The van der Waals surface area contributed by atoms with Crippen molar-refractivity contribution in [2.24, 2.45) is 0 Å². The van der Waals surface area contributed by atoms with E-state index < -0.39 is 5.97 Å². The zero-order valence-corrected chi connectivity index (χ0v) is 12.6. The molecule has 3 rings (SSSR count). The van der Waals surface area contributed by atoms with Gasteiger partial charge in [-0.1, -0.05) is 46.6 Å². The highest BCUT2D eigenvalue weighted by molar-refractivity contribution is 6.36. The molecular formula is C16H9Cl2NO3. The smallest absolute Gasteiger partial charge is 0.336 e. The van der Waals surface area contributed by atoms with Crippen molar-refractivity contribution in [2.45, 2.75) is 0 Å². The number of carboxylic acids is 1. The van der Waals surface area contributed by atoms with Gasteiger partial charge in [0.15, 0.2) is 5.76 Å². The lowest BCUT2D eigenvalue weighted by molar-refractivity contribution is 0.0697. The molecule has 1 N–H and O–H groups in total.